The second kappa shape index (κ2) is 8.17. The lowest BCUT2D eigenvalue weighted by molar-refractivity contribution is -0.143. The van der Waals surface area contributed by atoms with Crippen LogP contribution in [0.3, 0.4) is 0 Å². The summed E-state index contributed by atoms with van der Waals surface area (Å²) in [6, 6.07) is 9.31. The molecule has 2 aromatic rings. The number of hydrogen-bond acceptors (Lipinski definition) is 5. The van der Waals surface area contributed by atoms with Crippen LogP contribution in [-0.2, 0) is 16.1 Å². The van der Waals surface area contributed by atoms with Crippen LogP contribution in [-0.4, -0.2) is 22.4 Å². The molecule has 0 fully saturated rings. The third-order valence-corrected chi connectivity index (χ3v) is 3.18. The van der Waals surface area contributed by atoms with Crippen molar-refractivity contribution in [2.45, 2.75) is 39.2 Å². The molecule has 0 saturated heterocycles. The molecule has 0 spiro atoms. The topological polar surface area (TPSA) is 74.3 Å². The van der Waals surface area contributed by atoms with E-state index in [1.165, 1.54) is 4.68 Å². The van der Waals surface area contributed by atoms with Crippen LogP contribution in [0.4, 0.5) is 0 Å². The summed E-state index contributed by atoms with van der Waals surface area (Å²) in [5.41, 5.74) is 0.778. The molecule has 1 heterocycles. The van der Waals surface area contributed by atoms with Gasteiger partial charge < -0.3 is 9.15 Å². The first-order valence-electron chi connectivity index (χ1n) is 7.49. The van der Waals surface area contributed by atoms with E-state index in [4.69, 9.17) is 9.15 Å². The van der Waals surface area contributed by atoms with Crippen LogP contribution in [0.2, 0.25) is 0 Å². The molecule has 0 atom stereocenters. The summed E-state index contributed by atoms with van der Waals surface area (Å²) in [7, 11) is 0. The van der Waals surface area contributed by atoms with Crippen LogP contribution in [0.15, 0.2) is 39.5 Å². The van der Waals surface area contributed by atoms with E-state index in [1.54, 1.807) is 6.92 Å². The van der Waals surface area contributed by atoms with Crippen molar-refractivity contribution >= 4 is 5.97 Å². The molecular formula is C16H20N2O4. The smallest absolute Gasteiger partial charge is 0.437 e. The number of benzene rings is 1. The fraction of sp³-hybridized carbons (Fsp3) is 0.438. The number of hydrogen-bond donors (Lipinski definition) is 0. The van der Waals surface area contributed by atoms with Gasteiger partial charge in [0.05, 0.1) is 6.61 Å². The summed E-state index contributed by atoms with van der Waals surface area (Å²) >= 11 is 0. The Morgan fingerprint density at radius 1 is 1.23 bits per heavy atom. The average Bonchev–Trinajstić information content (AvgIpc) is 2.89. The second-order valence-electron chi connectivity index (χ2n) is 4.88. The van der Waals surface area contributed by atoms with Crippen LogP contribution in [0.5, 0.6) is 0 Å². The number of carbonyl (C=O) groups excluding carboxylic acids is 1. The molecule has 0 saturated carbocycles. The number of aromatic nitrogens is 2. The highest BCUT2D eigenvalue weighted by molar-refractivity contribution is 5.69. The number of unbranched alkanes of at least 4 members (excludes halogenated alkanes) is 2. The van der Waals surface area contributed by atoms with E-state index in [-0.39, 0.29) is 5.97 Å². The first-order chi connectivity index (χ1) is 10.7. The Morgan fingerprint density at radius 2 is 2.00 bits per heavy atom. The number of carbonyl (C=O) groups is 1. The van der Waals surface area contributed by atoms with E-state index in [0.29, 0.717) is 25.5 Å². The largest absolute Gasteiger partial charge is 0.466 e. The maximum atomic E-state index is 11.7. The Hall–Kier alpha value is -2.37. The Bertz CT molecular complexity index is 646. The standard InChI is InChI=1S/C16H20N2O4/c1-2-21-14(19)11-7-4-8-12-18-16(20)22-15(17-18)13-9-5-3-6-10-13/h3,5-6,9-10H,2,4,7-8,11-12H2,1H3. The van der Waals surface area contributed by atoms with Gasteiger partial charge in [0.15, 0.2) is 0 Å². The van der Waals surface area contributed by atoms with Gasteiger partial charge in [0.2, 0.25) is 5.89 Å². The van der Waals surface area contributed by atoms with E-state index in [0.717, 1.165) is 24.8 Å². The van der Waals surface area contributed by atoms with Crippen LogP contribution in [0, 0.1) is 0 Å². The summed E-state index contributed by atoms with van der Waals surface area (Å²) in [4.78, 5) is 22.9. The van der Waals surface area contributed by atoms with Gasteiger partial charge in [-0.05, 0) is 31.9 Å². The fourth-order valence-corrected chi connectivity index (χ4v) is 2.09. The average molecular weight is 304 g/mol. The van der Waals surface area contributed by atoms with Crippen LogP contribution >= 0.6 is 0 Å². The molecule has 0 aliphatic rings. The second-order valence-corrected chi connectivity index (χ2v) is 4.88. The Balaban J connectivity index is 1.81. The van der Waals surface area contributed by atoms with Crippen LogP contribution in [0.1, 0.15) is 32.6 Å². The van der Waals surface area contributed by atoms with Gasteiger partial charge >= 0.3 is 11.7 Å². The first-order valence-corrected chi connectivity index (χ1v) is 7.49. The van der Waals surface area contributed by atoms with Crippen molar-refractivity contribution < 1.29 is 13.9 Å². The van der Waals surface area contributed by atoms with Gasteiger partial charge in [-0.25, -0.2) is 4.79 Å². The highest BCUT2D eigenvalue weighted by atomic mass is 16.5. The first kappa shape index (κ1) is 16.0. The number of esters is 1. The van der Waals surface area contributed by atoms with E-state index in [2.05, 4.69) is 5.10 Å². The fourth-order valence-electron chi connectivity index (χ4n) is 2.09. The van der Waals surface area contributed by atoms with E-state index in [9.17, 15) is 9.59 Å². The Morgan fingerprint density at radius 3 is 2.73 bits per heavy atom. The zero-order chi connectivity index (χ0) is 15.8. The van der Waals surface area contributed by atoms with Crippen molar-refractivity contribution in [3.8, 4) is 11.5 Å². The number of rotatable bonds is 8. The van der Waals surface area contributed by atoms with Gasteiger partial charge in [-0.1, -0.05) is 24.6 Å². The van der Waals surface area contributed by atoms with Crippen molar-refractivity contribution in [3.63, 3.8) is 0 Å². The summed E-state index contributed by atoms with van der Waals surface area (Å²) in [6.45, 7) is 2.69. The minimum atomic E-state index is -0.454. The molecule has 2 rings (SSSR count). The van der Waals surface area contributed by atoms with Crippen molar-refractivity contribution in [2.24, 2.45) is 0 Å². The summed E-state index contributed by atoms with van der Waals surface area (Å²) in [5.74, 6) is -0.297. The maximum absolute atomic E-state index is 11.7. The van der Waals surface area contributed by atoms with E-state index >= 15 is 0 Å². The maximum Gasteiger partial charge on any atom is 0.437 e. The van der Waals surface area contributed by atoms with Gasteiger partial charge in [-0.2, -0.15) is 4.68 Å². The number of aryl methyl sites for hydroxylation is 1. The molecule has 1 aromatic heterocycles. The lowest BCUT2D eigenvalue weighted by atomic mass is 10.2. The van der Waals surface area contributed by atoms with Gasteiger partial charge in [0, 0.05) is 18.5 Å². The molecule has 0 unspecified atom stereocenters. The Kier molecular flexibility index (Phi) is 5.94. The molecule has 118 valence electrons. The molecular weight excluding hydrogens is 284 g/mol. The highest BCUT2D eigenvalue weighted by Crippen LogP contribution is 2.14. The zero-order valence-electron chi connectivity index (χ0n) is 12.7. The van der Waals surface area contributed by atoms with Gasteiger partial charge in [0.25, 0.3) is 0 Å². The number of nitrogens with zero attached hydrogens (tertiary/aromatic N) is 2. The third kappa shape index (κ3) is 4.58. The van der Waals surface area contributed by atoms with Gasteiger partial charge in [-0.15, -0.1) is 5.10 Å². The van der Waals surface area contributed by atoms with E-state index in [1.807, 2.05) is 30.3 Å². The predicted octanol–water partition coefficient (Wildman–Crippen LogP) is 2.63. The quantitative estimate of drug-likeness (QED) is 0.553. The zero-order valence-corrected chi connectivity index (χ0v) is 12.7. The SMILES string of the molecule is CCOC(=O)CCCCCn1nc(-c2ccccc2)oc1=O. The van der Waals surface area contributed by atoms with Crippen molar-refractivity contribution in [1.82, 2.24) is 9.78 Å². The van der Waals surface area contributed by atoms with Crippen LogP contribution in [0.25, 0.3) is 11.5 Å². The minimum absolute atomic E-state index is 0.174. The lowest BCUT2D eigenvalue weighted by Gasteiger charge is -2.01. The van der Waals surface area contributed by atoms with Gasteiger partial charge in [-0.3, -0.25) is 4.79 Å². The molecule has 0 amide bonds. The predicted molar refractivity (Wildman–Crippen MR) is 81.3 cm³/mol. The molecule has 6 heteroatoms. The van der Waals surface area contributed by atoms with Gasteiger partial charge in [0.1, 0.15) is 0 Å². The monoisotopic (exact) mass is 304 g/mol. The molecule has 0 aliphatic carbocycles. The minimum Gasteiger partial charge on any atom is -0.466 e. The van der Waals surface area contributed by atoms with Crippen molar-refractivity contribution in [3.05, 3.63) is 40.9 Å². The molecule has 1 aromatic carbocycles. The van der Waals surface area contributed by atoms with Crippen molar-refractivity contribution in [2.75, 3.05) is 6.61 Å². The molecule has 0 bridgehead atoms. The molecule has 22 heavy (non-hydrogen) atoms. The third-order valence-electron chi connectivity index (χ3n) is 3.18. The lowest BCUT2D eigenvalue weighted by Crippen LogP contribution is -2.15. The Labute approximate surface area is 128 Å². The summed E-state index contributed by atoms with van der Waals surface area (Å²) < 4.78 is 11.3. The molecule has 0 aliphatic heterocycles. The van der Waals surface area contributed by atoms with Crippen molar-refractivity contribution in [1.29, 1.82) is 0 Å². The summed E-state index contributed by atoms with van der Waals surface area (Å²) in [6.07, 6.45) is 2.76. The normalized spacial score (nSPS) is 10.6. The van der Waals surface area contributed by atoms with E-state index < -0.39 is 5.76 Å². The summed E-state index contributed by atoms with van der Waals surface area (Å²) in [5, 5.41) is 4.19. The molecule has 6 nitrogen and oxygen atoms in total. The molecule has 0 N–H and O–H groups in total. The highest BCUT2D eigenvalue weighted by Gasteiger charge is 2.09. The number of ether oxygens (including phenoxy) is 1. The molecule has 0 radical (unpaired) electrons. The van der Waals surface area contributed by atoms with Crippen LogP contribution < -0.4 is 5.76 Å².